The lowest BCUT2D eigenvalue weighted by molar-refractivity contribution is 0.208. The van der Waals surface area contributed by atoms with Crippen molar-refractivity contribution in [3.05, 3.63) is 51.9 Å². The molecule has 1 unspecified atom stereocenters. The van der Waals surface area contributed by atoms with Crippen LogP contribution in [0.3, 0.4) is 0 Å². The summed E-state index contributed by atoms with van der Waals surface area (Å²) < 4.78 is 25.5. The van der Waals surface area contributed by atoms with Gasteiger partial charge < -0.3 is 14.1 Å². The predicted molar refractivity (Wildman–Crippen MR) is 91.2 cm³/mol. The SMILES string of the molecule is Cc1cc(OC2CCN(C)C2)c2oc3cc(F)ccc3c(=O)c2c1. The molecule has 5 heteroatoms. The van der Waals surface area contributed by atoms with E-state index in [4.69, 9.17) is 9.15 Å². The van der Waals surface area contributed by atoms with Crippen molar-refractivity contribution in [1.82, 2.24) is 4.90 Å². The van der Waals surface area contributed by atoms with Crippen LogP contribution in [0.4, 0.5) is 4.39 Å². The summed E-state index contributed by atoms with van der Waals surface area (Å²) in [5.41, 5.74) is 1.39. The molecule has 0 bridgehead atoms. The molecule has 0 N–H and O–H groups in total. The van der Waals surface area contributed by atoms with Crippen molar-refractivity contribution in [2.75, 3.05) is 20.1 Å². The van der Waals surface area contributed by atoms with Gasteiger partial charge in [-0.05, 0) is 50.2 Å². The van der Waals surface area contributed by atoms with Crippen molar-refractivity contribution in [2.24, 2.45) is 0 Å². The second kappa shape index (κ2) is 5.60. The minimum absolute atomic E-state index is 0.0634. The molecule has 1 saturated heterocycles. The maximum Gasteiger partial charge on any atom is 0.200 e. The van der Waals surface area contributed by atoms with Crippen LogP contribution in [0.1, 0.15) is 12.0 Å². The predicted octanol–water partition coefficient (Wildman–Crippen LogP) is 3.48. The van der Waals surface area contributed by atoms with Crippen LogP contribution in [-0.4, -0.2) is 31.1 Å². The van der Waals surface area contributed by atoms with Crippen LogP contribution in [0.15, 0.2) is 39.5 Å². The van der Waals surface area contributed by atoms with Crippen molar-refractivity contribution < 1.29 is 13.5 Å². The van der Waals surface area contributed by atoms with Gasteiger partial charge in [-0.15, -0.1) is 0 Å². The third-order valence-electron chi connectivity index (χ3n) is 4.49. The first-order valence-corrected chi connectivity index (χ1v) is 8.03. The number of likely N-dealkylation sites (N-methyl/N-ethyl adjacent to an activating group) is 1. The Labute approximate surface area is 138 Å². The maximum absolute atomic E-state index is 13.5. The third-order valence-corrected chi connectivity index (χ3v) is 4.49. The van der Waals surface area contributed by atoms with Crippen molar-refractivity contribution in [1.29, 1.82) is 0 Å². The van der Waals surface area contributed by atoms with Gasteiger partial charge in [-0.25, -0.2) is 4.39 Å². The van der Waals surface area contributed by atoms with Gasteiger partial charge in [0.15, 0.2) is 11.3 Å². The molecule has 1 aliphatic heterocycles. The van der Waals surface area contributed by atoms with E-state index in [-0.39, 0.29) is 17.1 Å². The molecule has 124 valence electrons. The van der Waals surface area contributed by atoms with Crippen LogP contribution in [-0.2, 0) is 0 Å². The van der Waals surface area contributed by atoms with Gasteiger partial charge >= 0.3 is 0 Å². The molecule has 4 rings (SSSR count). The highest BCUT2D eigenvalue weighted by Crippen LogP contribution is 2.30. The first kappa shape index (κ1) is 15.1. The van der Waals surface area contributed by atoms with E-state index in [1.165, 1.54) is 18.2 Å². The Kier molecular flexibility index (Phi) is 3.53. The monoisotopic (exact) mass is 327 g/mol. The summed E-state index contributed by atoms with van der Waals surface area (Å²) in [6, 6.07) is 7.63. The summed E-state index contributed by atoms with van der Waals surface area (Å²) in [5.74, 6) is 0.116. The Morgan fingerprint density at radius 2 is 2.08 bits per heavy atom. The van der Waals surface area contributed by atoms with Crippen LogP contribution in [0.2, 0.25) is 0 Å². The summed E-state index contributed by atoms with van der Waals surface area (Å²) in [4.78, 5) is 14.9. The number of nitrogens with zero attached hydrogens (tertiary/aromatic N) is 1. The second-order valence-electron chi connectivity index (χ2n) is 6.50. The molecule has 2 heterocycles. The fourth-order valence-electron chi connectivity index (χ4n) is 3.29. The summed E-state index contributed by atoms with van der Waals surface area (Å²) in [6.45, 7) is 3.73. The van der Waals surface area contributed by atoms with E-state index in [1.54, 1.807) is 6.07 Å². The van der Waals surface area contributed by atoms with Crippen LogP contribution in [0, 0.1) is 12.7 Å². The lowest BCUT2D eigenvalue weighted by atomic mass is 10.1. The van der Waals surface area contributed by atoms with E-state index >= 15 is 0 Å². The largest absolute Gasteiger partial charge is 0.485 e. The van der Waals surface area contributed by atoms with E-state index in [9.17, 15) is 9.18 Å². The number of rotatable bonds is 2. The zero-order valence-corrected chi connectivity index (χ0v) is 13.6. The number of likely N-dealkylation sites (tertiary alicyclic amines) is 1. The first-order chi connectivity index (χ1) is 11.5. The van der Waals surface area contributed by atoms with E-state index in [1.807, 2.05) is 20.0 Å². The number of hydrogen-bond acceptors (Lipinski definition) is 4. The van der Waals surface area contributed by atoms with Crippen molar-refractivity contribution in [2.45, 2.75) is 19.4 Å². The highest BCUT2D eigenvalue weighted by atomic mass is 19.1. The third kappa shape index (κ3) is 2.55. The second-order valence-corrected chi connectivity index (χ2v) is 6.50. The lowest BCUT2D eigenvalue weighted by Crippen LogP contribution is -2.21. The highest BCUT2D eigenvalue weighted by molar-refractivity contribution is 5.92. The summed E-state index contributed by atoms with van der Waals surface area (Å²) in [6.07, 6.45) is 0.992. The van der Waals surface area contributed by atoms with Gasteiger partial charge in [-0.3, -0.25) is 4.79 Å². The summed E-state index contributed by atoms with van der Waals surface area (Å²) in [7, 11) is 2.05. The topological polar surface area (TPSA) is 42.7 Å². The molecule has 0 aliphatic carbocycles. The van der Waals surface area contributed by atoms with Crippen LogP contribution in [0.25, 0.3) is 21.9 Å². The molecule has 4 nitrogen and oxygen atoms in total. The number of halogens is 1. The first-order valence-electron chi connectivity index (χ1n) is 8.03. The molecule has 1 atom stereocenters. The molecule has 0 radical (unpaired) electrons. The molecule has 3 aromatic rings. The van der Waals surface area contributed by atoms with E-state index in [2.05, 4.69) is 4.90 Å². The minimum Gasteiger partial charge on any atom is -0.485 e. The van der Waals surface area contributed by atoms with Crippen molar-refractivity contribution in [3.8, 4) is 5.75 Å². The zero-order chi connectivity index (χ0) is 16.8. The van der Waals surface area contributed by atoms with E-state index in [0.717, 1.165) is 25.1 Å². The molecule has 1 fully saturated rings. The molecule has 0 saturated carbocycles. The number of hydrogen-bond donors (Lipinski definition) is 0. The maximum atomic E-state index is 13.5. The van der Waals surface area contributed by atoms with Crippen LogP contribution < -0.4 is 10.2 Å². The smallest absolute Gasteiger partial charge is 0.200 e. The van der Waals surface area contributed by atoms with Crippen LogP contribution in [0.5, 0.6) is 5.75 Å². The molecule has 1 aliphatic rings. The van der Waals surface area contributed by atoms with Crippen molar-refractivity contribution >= 4 is 21.9 Å². The quantitative estimate of drug-likeness (QED) is 0.676. The fraction of sp³-hybridized carbons (Fsp3) is 0.316. The van der Waals surface area contributed by atoms with Gasteiger partial charge in [0.2, 0.25) is 5.43 Å². The van der Waals surface area contributed by atoms with Gasteiger partial charge in [-0.1, -0.05) is 0 Å². The Bertz CT molecular complexity index is 995. The Morgan fingerprint density at radius 1 is 1.25 bits per heavy atom. The highest BCUT2D eigenvalue weighted by Gasteiger charge is 2.23. The number of ether oxygens (including phenoxy) is 1. The average molecular weight is 327 g/mol. The van der Waals surface area contributed by atoms with Crippen molar-refractivity contribution in [3.63, 3.8) is 0 Å². The van der Waals surface area contributed by atoms with Gasteiger partial charge in [0.05, 0.1) is 10.8 Å². The molecule has 1 aromatic heterocycles. The van der Waals surface area contributed by atoms with Gasteiger partial charge in [0, 0.05) is 19.2 Å². The van der Waals surface area contributed by atoms with E-state index in [0.29, 0.717) is 22.1 Å². The molecule has 0 amide bonds. The molecule has 2 aromatic carbocycles. The fourth-order valence-corrected chi connectivity index (χ4v) is 3.29. The standard InChI is InChI=1S/C19H18FNO3/c1-11-7-15-18(22)14-4-3-12(20)9-16(14)24-19(15)17(8-11)23-13-5-6-21(2)10-13/h3-4,7-9,13H,5-6,10H2,1-2H3. The van der Waals surface area contributed by atoms with E-state index < -0.39 is 5.82 Å². The molecule has 0 spiro atoms. The normalized spacial score (nSPS) is 18.5. The summed E-state index contributed by atoms with van der Waals surface area (Å²) >= 11 is 0. The lowest BCUT2D eigenvalue weighted by Gasteiger charge is -2.15. The number of fused-ring (bicyclic) bond motifs is 2. The molecular weight excluding hydrogens is 309 g/mol. The van der Waals surface area contributed by atoms with Gasteiger partial charge in [0.1, 0.15) is 17.5 Å². The molecular formula is C19H18FNO3. The average Bonchev–Trinajstić information content (AvgIpc) is 2.93. The number of aryl methyl sites for hydroxylation is 1. The zero-order valence-electron chi connectivity index (χ0n) is 13.6. The van der Waals surface area contributed by atoms with Crippen LogP contribution >= 0.6 is 0 Å². The Morgan fingerprint density at radius 3 is 2.83 bits per heavy atom. The summed E-state index contributed by atoms with van der Waals surface area (Å²) in [5, 5.41) is 0.844. The minimum atomic E-state index is -0.433. The Hall–Kier alpha value is -2.40. The Balaban J connectivity index is 1.92. The number of benzene rings is 2. The van der Waals surface area contributed by atoms with Gasteiger partial charge in [0.25, 0.3) is 0 Å². The van der Waals surface area contributed by atoms with Gasteiger partial charge in [-0.2, -0.15) is 0 Å². The molecule has 24 heavy (non-hydrogen) atoms.